The van der Waals surface area contributed by atoms with E-state index in [-0.39, 0.29) is 93.7 Å². The Bertz CT molecular complexity index is 15.5. The molecule has 0 atom stereocenters. The largest absolute Gasteiger partial charge is 0.0776 e. The number of rotatable bonds is 0. The molecular weight excluding hydrogens is 407 g/mol. The van der Waals surface area contributed by atoms with Crippen LogP contribution in [0.1, 0.15) is 7.43 Å². The fraction of sp³-hybridized carbons (Fsp3) is 1.00. The quantitative estimate of drug-likeness (QED) is 0.502. The van der Waals surface area contributed by atoms with E-state index in [1.54, 1.807) is 0 Å². The van der Waals surface area contributed by atoms with Crippen molar-refractivity contribution in [3.8, 4) is 0 Å². The Morgan fingerprint density at radius 1 is 1.00 bits per heavy atom. The molecule has 0 aromatic rings. The minimum atomic E-state index is 0. The second-order valence-electron chi connectivity index (χ2n) is 0. The van der Waals surface area contributed by atoms with Crippen molar-refractivity contribution in [3.05, 3.63) is 0 Å². The average Bonchev–Trinajstić information content (AvgIpc) is 0. The molecule has 0 unspecified atom stereocenters. The van der Waals surface area contributed by atoms with Crippen LogP contribution < -0.4 is 0 Å². The van der Waals surface area contributed by atoms with Gasteiger partial charge in [0.25, 0.3) is 0 Å². The molecule has 0 N–H and O–H groups in total. The maximum absolute atomic E-state index is 0. The minimum absolute atomic E-state index is 0. The predicted octanol–water partition coefficient (Wildman–Crippen LogP) is 0.245. The van der Waals surface area contributed by atoms with Gasteiger partial charge in [0.15, 0.2) is 0 Å². The van der Waals surface area contributed by atoms with Crippen molar-refractivity contribution in [2.45, 2.75) is 7.43 Å². The Labute approximate surface area is 92.6 Å². The Hall–Kier alpha value is 2.55. The molecule has 0 saturated heterocycles. The molecule has 0 fully saturated rings. The molecule has 0 rings (SSSR count). The third-order valence-electron chi connectivity index (χ3n) is 0. The van der Waals surface area contributed by atoms with Crippen molar-refractivity contribution >= 4 is 8.41 Å². The zero-order chi connectivity index (χ0) is 0. The summed E-state index contributed by atoms with van der Waals surface area (Å²) in [5.74, 6) is 0. The zero-order valence-electron chi connectivity index (χ0n) is 2.19. The Morgan fingerprint density at radius 2 is 1.00 bits per heavy atom. The molecule has 0 aliphatic rings. The molecule has 0 aliphatic carbocycles. The Kier molecular flexibility index (Phi) is 624. The molecule has 0 saturated carbocycles. The van der Waals surface area contributed by atoms with E-state index in [0.29, 0.717) is 0 Å². The molecule has 4 radical (unpaired) electrons. The van der Waals surface area contributed by atoms with E-state index in [0.717, 1.165) is 0 Å². The number of hydrogen-bond acceptors (Lipinski definition) is 0. The van der Waals surface area contributed by atoms with Crippen LogP contribution in [0.4, 0.5) is 0 Å². The van der Waals surface area contributed by atoms with Crippen LogP contribution in [0.3, 0.4) is 0 Å². The standard InChI is InChI=1S/CH4.B.Cr.Fe.Nb.W/h1H4;;;;;. The van der Waals surface area contributed by atoms with Gasteiger partial charge in [0.2, 0.25) is 0 Å². The maximum Gasteiger partial charge on any atom is 0 e. The SMILES string of the molecule is C.[B].[Cr].[Fe].[Nb].[W]. The van der Waals surface area contributed by atoms with Gasteiger partial charge in [-0.15, -0.1) is 0 Å². The molecule has 0 aromatic carbocycles. The van der Waals surface area contributed by atoms with Crippen LogP contribution in [-0.2, 0) is 77.9 Å². The van der Waals surface area contributed by atoms with Gasteiger partial charge in [0.05, 0.1) is 0 Å². The van der Waals surface area contributed by atoms with E-state index in [1.165, 1.54) is 0 Å². The van der Waals surface area contributed by atoms with Crippen molar-refractivity contribution in [1.29, 1.82) is 0 Å². The van der Waals surface area contributed by atoms with Gasteiger partial charge < -0.3 is 0 Å². The van der Waals surface area contributed by atoms with Crippen LogP contribution in [0.2, 0.25) is 0 Å². The molecule has 0 aliphatic heterocycles. The summed E-state index contributed by atoms with van der Waals surface area (Å²) in [7, 11) is 0. The van der Waals surface area contributed by atoms with Gasteiger partial charge in [-0.2, -0.15) is 0 Å². The molecule has 0 aromatic heterocycles. The number of hydrogen-bond donors (Lipinski definition) is 0. The normalized spacial score (nSPS) is 0. The van der Waals surface area contributed by atoms with Gasteiger partial charge >= 0.3 is 0 Å². The van der Waals surface area contributed by atoms with Crippen LogP contribution in [0, 0.1) is 0 Å². The van der Waals surface area contributed by atoms with Crippen LogP contribution in [0.5, 0.6) is 0 Å². The topological polar surface area (TPSA) is 0 Å². The molecule has 0 amide bonds. The van der Waals surface area contributed by atoms with Gasteiger partial charge in [-0.3, -0.25) is 0 Å². The smallest absolute Gasteiger partial charge is 0 e. The van der Waals surface area contributed by atoms with Gasteiger partial charge in [-0.25, -0.2) is 0 Å². The van der Waals surface area contributed by atoms with Crippen molar-refractivity contribution in [2.75, 3.05) is 0 Å². The molecule has 0 spiro atoms. The molecule has 5 heteroatoms. The third kappa shape index (κ3) is 31.1. The average molecular weight is 411 g/mol. The molecule has 0 nitrogen and oxygen atoms in total. The fourth-order valence-electron chi connectivity index (χ4n) is 0. The maximum atomic E-state index is 0. The van der Waals surface area contributed by atoms with E-state index < -0.39 is 0 Å². The first-order valence-corrected chi connectivity index (χ1v) is 0. The first-order valence-electron chi connectivity index (χ1n) is 0. The second kappa shape index (κ2) is 49.9. The summed E-state index contributed by atoms with van der Waals surface area (Å²) in [6, 6.07) is 0. The second-order valence-corrected chi connectivity index (χ2v) is 0. The van der Waals surface area contributed by atoms with Crippen LogP contribution in [-0.4, -0.2) is 8.41 Å². The third-order valence-corrected chi connectivity index (χ3v) is 0. The van der Waals surface area contributed by atoms with Gasteiger partial charge in [0, 0.05) is 86.3 Å². The first kappa shape index (κ1) is 75.1. The van der Waals surface area contributed by atoms with Gasteiger partial charge in [-0.05, 0) is 0 Å². The first-order chi connectivity index (χ1) is 0. The molecular formula is CH4BCrFeNbW. The molecule has 0 bridgehead atoms. The predicted molar refractivity (Wildman–Crippen MR) is 12.5 cm³/mol. The molecule has 36 valence electrons. The summed E-state index contributed by atoms with van der Waals surface area (Å²) in [6.45, 7) is 0. The van der Waals surface area contributed by atoms with Gasteiger partial charge in [-0.1, -0.05) is 7.43 Å². The van der Waals surface area contributed by atoms with E-state index in [4.69, 9.17) is 0 Å². The van der Waals surface area contributed by atoms with E-state index in [9.17, 15) is 0 Å². The van der Waals surface area contributed by atoms with Crippen LogP contribution >= 0.6 is 0 Å². The monoisotopic (exact) mass is 412 g/mol. The fourth-order valence-corrected chi connectivity index (χ4v) is 0. The minimum Gasteiger partial charge on any atom is -0.0776 e. The summed E-state index contributed by atoms with van der Waals surface area (Å²) in [5, 5.41) is 0. The van der Waals surface area contributed by atoms with Crippen molar-refractivity contribution in [3.63, 3.8) is 0 Å². The Balaban J connectivity index is 0. The molecule has 0 heterocycles. The van der Waals surface area contributed by atoms with Crippen LogP contribution in [0.25, 0.3) is 0 Å². The van der Waals surface area contributed by atoms with Crippen molar-refractivity contribution in [2.24, 2.45) is 0 Å². The Morgan fingerprint density at radius 3 is 1.00 bits per heavy atom. The van der Waals surface area contributed by atoms with Crippen molar-refractivity contribution in [1.82, 2.24) is 0 Å². The van der Waals surface area contributed by atoms with E-state index in [1.807, 2.05) is 0 Å². The van der Waals surface area contributed by atoms with Crippen molar-refractivity contribution < 1.29 is 77.9 Å². The summed E-state index contributed by atoms with van der Waals surface area (Å²) in [4.78, 5) is 0. The van der Waals surface area contributed by atoms with Crippen LogP contribution in [0.15, 0.2) is 0 Å². The van der Waals surface area contributed by atoms with E-state index in [2.05, 4.69) is 0 Å². The molecule has 6 heavy (non-hydrogen) atoms. The summed E-state index contributed by atoms with van der Waals surface area (Å²) in [6.07, 6.45) is 0. The summed E-state index contributed by atoms with van der Waals surface area (Å²) in [5.41, 5.74) is 0. The van der Waals surface area contributed by atoms with E-state index >= 15 is 0 Å². The summed E-state index contributed by atoms with van der Waals surface area (Å²) >= 11 is 0. The zero-order valence-corrected chi connectivity index (χ0v) is 9.71. The van der Waals surface area contributed by atoms with Gasteiger partial charge in [0.1, 0.15) is 0 Å². The summed E-state index contributed by atoms with van der Waals surface area (Å²) < 4.78 is 0.